The number of methoxy groups -OCH3 is 2. The highest BCUT2D eigenvalue weighted by Crippen LogP contribution is 2.20. The van der Waals surface area contributed by atoms with E-state index < -0.39 is 23.8 Å². The quantitative estimate of drug-likeness (QED) is 0.617. The molecule has 9 heteroatoms. The van der Waals surface area contributed by atoms with Crippen LogP contribution in [-0.2, 0) is 19.1 Å². The molecule has 2 aromatic rings. The zero-order valence-corrected chi connectivity index (χ0v) is 14.9. The first-order valence-electron chi connectivity index (χ1n) is 7.72. The molecule has 0 spiro atoms. The number of aryl methyl sites for hydroxylation is 1. The fourth-order valence-electron chi connectivity index (χ4n) is 2.15. The summed E-state index contributed by atoms with van der Waals surface area (Å²) in [7, 11) is 2.36. The van der Waals surface area contributed by atoms with Crippen LogP contribution in [0, 0.1) is 6.92 Å². The molecule has 27 heavy (non-hydrogen) atoms. The van der Waals surface area contributed by atoms with E-state index >= 15 is 0 Å². The number of carbonyl (C=O) groups excluding carboxylic acids is 4. The Labute approximate surface area is 154 Å². The SMILES string of the molecule is COC(=O)c1ccc(C(=O)OC)c(NC(=O)C(=O)Nc2cccc(C)n2)c1. The van der Waals surface area contributed by atoms with Crippen LogP contribution in [-0.4, -0.2) is 43.0 Å². The van der Waals surface area contributed by atoms with Crippen molar-refractivity contribution in [3.63, 3.8) is 0 Å². The van der Waals surface area contributed by atoms with Gasteiger partial charge in [-0.2, -0.15) is 0 Å². The lowest BCUT2D eigenvalue weighted by atomic mass is 10.1. The van der Waals surface area contributed by atoms with Gasteiger partial charge in [-0.25, -0.2) is 14.6 Å². The second-order valence-electron chi connectivity index (χ2n) is 5.32. The van der Waals surface area contributed by atoms with E-state index in [1.807, 2.05) is 0 Å². The Bertz CT molecular complexity index is 910. The van der Waals surface area contributed by atoms with Gasteiger partial charge in [0.15, 0.2) is 0 Å². The monoisotopic (exact) mass is 371 g/mol. The van der Waals surface area contributed by atoms with Crippen LogP contribution in [0.2, 0.25) is 0 Å². The number of anilines is 2. The molecular formula is C18H17N3O6. The Hall–Kier alpha value is -3.75. The fraction of sp³-hybridized carbons (Fsp3) is 0.167. The van der Waals surface area contributed by atoms with Crippen molar-refractivity contribution in [1.82, 2.24) is 4.98 Å². The van der Waals surface area contributed by atoms with Gasteiger partial charge in [-0.15, -0.1) is 0 Å². The first-order chi connectivity index (χ1) is 12.8. The van der Waals surface area contributed by atoms with Gasteiger partial charge in [0.05, 0.1) is 31.0 Å². The third-order valence-electron chi connectivity index (χ3n) is 3.43. The molecule has 140 valence electrons. The van der Waals surface area contributed by atoms with Crippen molar-refractivity contribution in [3.8, 4) is 0 Å². The van der Waals surface area contributed by atoms with Crippen LogP contribution in [0.3, 0.4) is 0 Å². The molecule has 0 aliphatic carbocycles. The predicted octanol–water partition coefficient (Wildman–Crippen LogP) is 1.54. The predicted molar refractivity (Wildman–Crippen MR) is 95.4 cm³/mol. The van der Waals surface area contributed by atoms with Gasteiger partial charge >= 0.3 is 23.8 Å². The highest BCUT2D eigenvalue weighted by molar-refractivity contribution is 6.43. The third kappa shape index (κ3) is 4.88. The highest BCUT2D eigenvalue weighted by atomic mass is 16.5. The van der Waals surface area contributed by atoms with Gasteiger partial charge in [0.25, 0.3) is 0 Å². The first kappa shape index (κ1) is 19.6. The molecule has 0 saturated heterocycles. The molecule has 0 radical (unpaired) electrons. The van der Waals surface area contributed by atoms with Gasteiger partial charge in [0.1, 0.15) is 5.82 Å². The lowest BCUT2D eigenvalue weighted by Crippen LogP contribution is -2.30. The smallest absolute Gasteiger partial charge is 0.339 e. The zero-order chi connectivity index (χ0) is 20.0. The molecule has 0 saturated carbocycles. The van der Waals surface area contributed by atoms with Crippen LogP contribution in [0.15, 0.2) is 36.4 Å². The van der Waals surface area contributed by atoms with E-state index in [9.17, 15) is 19.2 Å². The number of benzene rings is 1. The maximum Gasteiger partial charge on any atom is 0.339 e. The van der Waals surface area contributed by atoms with Crippen LogP contribution in [0.4, 0.5) is 11.5 Å². The van der Waals surface area contributed by atoms with Crippen LogP contribution < -0.4 is 10.6 Å². The van der Waals surface area contributed by atoms with E-state index in [1.165, 1.54) is 31.4 Å². The molecule has 9 nitrogen and oxygen atoms in total. The van der Waals surface area contributed by atoms with Gasteiger partial charge < -0.3 is 20.1 Å². The number of hydrogen-bond donors (Lipinski definition) is 2. The zero-order valence-electron chi connectivity index (χ0n) is 14.9. The van der Waals surface area contributed by atoms with Crippen molar-refractivity contribution < 1.29 is 28.7 Å². The average molecular weight is 371 g/mol. The molecule has 2 amide bonds. The van der Waals surface area contributed by atoms with E-state index in [4.69, 9.17) is 0 Å². The van der Waals surface area contributed by atoms with Gasteiger partial charge in [-0.3, -0.25) is 9.59 Å². The molecule has 0 bridgehead atoms. The van der Waals surface area contributed by atoms with Crippen LogP contribution in [0.5, 0.6) is 0 Å². The molecule has 0 aliphatic heterocycles. The second-order valence-corrected chi connectivity index (χ2v) is 5.32. The number of hydrogen-bond acceptors (Lipinski definition) is 7. The number of amides is 2. The maximum atomic E-state index is 12.2. The largest absolute Gasteiger partial charge is 0.465 e. The van der Waals surface area contributed by atoms with E-state index in [0.29, 0.717) is 5.69 Å². The minimum absolute atomic E-state index is 0.0278. The summed E-state index contributed by atoms with van der Waals surface area (Å²) in [6, 6.07) is 8.77. The standard InChI is InChI=1S/C18H17N3O6/c1-10-5-4-6-14(19-10)21-16(23)15(22)20-13-9-11(17(24)26-2)7-8-12(13)18(25)27-3/h4-9H,1-3H3,(H,20,22)(H,19,21,23). The minimum atomic E-state index is -1.05. The highest BCUT2D eigenvalue weighted by Gasteiger charge is 2.21. The second kappa shape index (κ2) is 8.56. The number of nitrogens with one attached hydrogen (secondary N) is 2. The topological polar surface area (TPSA) is 124 Å². The average Bonchev–Trinajstić information content (AvgIpc) is 2.66. The van der Waals surface area contributed by atoms with Crippen LogP contribution >= 0.6 is 0 Å². The van der Waals surface area contributed by atoms with E-state index in [-0.39, 0.29) is 22.6 Å². The molecule has 0 atom stereocenters. The molecule has 2 rings (SSSR count). The van der Waals surface area contributed by atoms with Crippen molar-refractivity contribution >= 4 is 35.3 Å². The Kier molecular flexibility index (Phi) is 6.21. The summed E-state index contributed by atoms with van der Waals surface area (Å²) in [4.78, 5) is 51.9. The molecule has 2 N–H and O–H groups in total. The molecule has 0 fully saturated rings. The lowest BCUT2D eigenvalue weighted by Gasteiger charge is -2.11. The number of nitrogens with zero attached hydrogens (tertiary/aromatic N) is 1. The summed E-state index contributed by atoms with van der Waals surface area (Å²) in [6.45, 7) is 1.73. The third-order valence-corrected chi connectivity index (χ3v) is 3.43. The normalized spacial score (nSPS) is 9.89. The van der Waals surface area contributed by atoms with Gasteiger partial charge in [-0.1, -0.05) is 6.07 Å². The van der Waals surface area contributed by atoms with E-state index in [1.54, 1.807) is 19.1 Å². The van der Waals surface area contributed by atoms with E-state index in [2.05, 4.69) is 25.1 Å². The van der Waals surface area contributed by atoms with E-state index in [0.717, 1.165) is 7.11 Å². The molecule has 1 heterocycles. The summed E-state index contributed by atoms with van der Waals surface area (Å²) in [6.07, 6.45) is 0. The number of rotatable bonds is 4. The van der Waals surface area contributed by atoms with Crippen LogP contribution in [0.1, 0.15) is 26.4 Å². The van der Waals surface area contributed by atoms with Gasteiger partial charge in [-0.05, 0) is 37.3 Å². The Morgan fingerprint density at radius 2 is 1.56 bits per heavy atom. The van der Waals surface area contributed by atoms with Crippen molar-refractivity contribution in [2.45, 2.75) is 6.92 Å². The summed E-state index contributed by atoms with van der Waals surface area (Å²) in [5.41, 5.74) is 0.648. The molecular weight excluding hydrogens is 354 g/mol. The Balaban J connectivity index is 2.25. The van der Waals surface area contributed by atoms with Crippen molar-refractivity contribution in [1.29, 1.82) is 0 Å². The van der Waals surface area contributed by atoms with Gasteiger partial charge in [0.2, 0.25) is 0 Å². The molecule has 0 aliphatic rings. The number of pyridine rings is 1. The van der Waals surface area contributed by atoms with Crippen molar-refractivity contribution in [2.24, 2.45) is 0 Å². The maximum absolute atomic E-state index is 12.2. The number of aromatic nitrogens is 1. The number of ether oxygens (including phenoxy) is 2. The fourth-order valence-corrected chi connectivity index (χ4v) is 2.15. The Morgan fingerprint density at radius 3 is 2.19 bits per heavy atom. The lowest BCUT2D eigenvalue weighted by molar-refractivity contribution is -0.133. The van der Waals surface area contributed by atoms with Crippen LogP contribution in [0.25, 0.3) is 0 Å². The summed E-state index contributed by atoms with van der Waals surface area (Å²) >= 11 is 0. The van der Waals surface area contributed by atoms with Gasteiger partial charge in [0, 0.05) is 5.69 Å². The number of esters is 2. The molecule has 1 aromatic heterocycles. The van der Waals surface area contributed by atoms with Crippen molar-refractivity contribution in [2.75, 3.05) is 24.9 Å². The summed E-state index contributed by atoms with van der Waals surface area (Å²) < 4.78 is 9.24. The molecule has 0 unspecified atom stereocenters. The molecule has 1 aromatic carbocycles. The minimum Gasteiger partial charge on any atom is -0.465 e. The first-order valence-corrected chi connectivity index (χ1v) is 7.72. The number of carbonyl (C=O) groups is 4. The summed E-state index contributed by atoms with van der Waals surface area (Å²) in [5, 5.41) is 4.64. The Morgan fingerprint density at radius 1 is 0.889 bits per heavy atom. The van der Waals surface area contributed by atoms with Crippen molar-refractivity contribution in [3.05, 3.63) is 53.2 Å². The summed E-state index contributed by atoms with van der Waals surface area (Å²) in [5.74, 6) is -3.26.